The molecule has 0 N–H and O–H groups in total. The van der Waals surface area contributed by atoms with Gasteiger partial charge in [-0.3, -0.25) is 0 Å². The SMILES string of the molecule is Cc1nn(S(=O)c2ccc3ccccc3c2)c(C)c1Sc1ccc(Cl)cc1. The van der Waals surface area contributed by atoms with Crippen LogP contribution < -0.4 is 0 Å². The summed E-state index contributed by atoms with van der Waals surface area (Å²) < 4.78 is 14.8. The van der Waals surface area contributed by atoms with Crippen LogP contribution >= 0.6 is 23.4 Å². The molecule has 0 saturated heterocycles. The Morgan fingerprint density at radius 1 is 0.963 bits per heavy atom. The second-order valence-electron chi connectivity index (χ2n) is 6.19. The number of fused-ring (bicyclic) bond motifs is 1. The summed E-state index contributed by atoms with van der Waals surface area (Å²) in [6, 6.07) is 21.6. The van der Waals surface area contributed by atoms with Gasteiger partial charge >= 0.3 is 0 Å². The van der Waals surface area contributed by atoms with Crippen molar-refractivity contribution in [3.05, 3.63) is 83.1 Å². The van der Waals surface area contributed by atoms with E-state index >= 15 is 0 Å². The number of aryl methyl sites for hydroxylation is 1. The third-order valence-corrected chi connectivity index (χ3v) is 7.18. The van der Waals surface area contributed by atoms with E-state index < -0.39 is 11.0 Å². The molecule has 0 radical (unpaired) electrons. The number of rotatable bonds is 4. The van der Waals surface area contributed by atoms with Crippen molar-refractivity contribution >= 4 is 45.1 Å². The lowest BCUT2D eigenvalue weighted by atomic mass is 10.1. The molecule has 0 fully saturated rings. The molecule has 4 aromatic rings. The highest BCUT2D eigenvalue weighted by Crippen LogP contribution is 2.34. The zero-order valence-corrected chi connectivity index (χ0v) is 17.2. The smallest absolute Gasteiger partial charge is 0.173 e. The maximum Gasteiger partial charge on any atom is 0.173 e. The lowest BCUT2D eigenvalue weighted by Gasteiger charge is -2.07. The molecule has 0 spiro atoms. The molecule has 0 bridgehead atoms. The molecule has 0 aliphatic rings. The van der Waals surface area contributed by atoms with Gasteiger partial charge in [0.25, 0.3) is 0 Å². The summed E-state index contributed by atoms with van der Waals surface area (Å²) >= 11 is 7.58. The van der Waals surface area contributed by atoms with Crippen molar-refractivity contribution in [3.63, 3.8) is 0 Å². The molecular weight excluding hydrogens is 396 g/mol. The van der Waals surface area contributed by atoms with Gasteiger partial charge in [0.2, 0.25) is 0 Å². The minimum atomic E-state index is -1.39. The molecule has 0 amide bonds. The standard InChI is InChI=1S/C21H17ClN2OS2/c1-14-21(26-19-10-8-18(22)9-11-19)15(2)24(23-14)27(25)20-12-7-16-5-3-4-6-17(16)13-20/h3-13H,1-2H3. The Labute approximate surface area is 170 Å². The summed E-state index contributed by atoms with van der Waals surface area (Å²) in [5.74, 6) is 0. The van der Waals surface area contributed by atoms with Crippen LogP contribution in [0.4, 0.5) is 0 Å². The predicted octanol–water partition coefficient (Wildman–Crippen LogP) is 6.03. The van der Waals surface area contributed by atoms with Gasteiger partial charge in [-0.2, -0.15) is 9.19 Å². The Bertz CT molecular complexity index is 1150. The third-order valence-electron chi connectivity index (χ3n) is 4.30. The van der Waals surface area contributed by atoms with E-state index in [0.717, 1.165) is 36.8 Å². The van der Waals surface area contributed by atoms with Crippen molar-refractivity contribution in [2.75, 3.05) is 0 Å². The number of hydrogen-bond donors (Lipinski definition) is 0. The maximum atomic E-state index is 13.2. The van der Waals surface area contributed by atoms with Crippen LogP contribution in [0, 0.1) is 13.8 Å². The minimum absolute atomic E-state index is 0.709. The average Bonchev–Trinajstić information content (AvgIpc) is 2.97. The van der Waals surface area contributed by atoms with Gasteiger partial charge in [-0.25, -0.2) is 4.21 Å². The van der Waals surface area contributed by atoms with Crippen molar-refractivity contribution in [3.8, 4) is 0 Å². The molecule has 0 aliphatic heterocycles. The van der Waals surface area contributed by atoms with Gasteiger partial charge in [0.05, 0.1) is 21.2 Å². The van der Waals surface area contributed by atoms with Crippen molar-refractivity contribution < 1.29 is 4.21 Å². The molecule has 0 saturated carbocycles. The van der Waals surface area contributed by atoms with Crippen LogP contribution in [0.3, 0.4) is 0 Å². The van der Waals surface area contributed by atoms with E-state index in [4.69, 9.17) is 11.6 Å². The largest absolute Gasteiger partial charge is 0.229 e. The van der Waals surface area contributed by atoms with Gasteiger partial charge in [0.1, 0.15) is 0 Å². The normalized spacial score (nSPS) is 12.4. The van der Waals surface area contributed by atoms with Crippen LogP contribution in [0.2, 0.25) is 5.02 Å². The average molecular weight is 413 g/mol. The van der Waals surface area contributed by atoms with Crippen molar-refractivity contribution in [1.29, 1.82) is 0 Å². The fraction of sp³-hybridized carbons (Fsp3) is 0.0952. The monoisotopic (exact) mass is 412 g/mol. The van der Waals surface area contributed by atoms with Gasteiger partial charge in [-0.15, -0.1) is 0 Å². The highest BCUT2D eigenvalue weighted by Gasteiger charge is 2.18. The van der Waals surface area contributed by atoms with Crippen molar-refractivity contribution in [2.24, 2.45) is 0 Å². The summed E-state index contributed by atoms with van der Waals surface area (Å²) in [6.07, 6.45) is 0. The maximum absolute atomic E-state index is 13.2. The van der Waals surface area contributed by atoms with Gasteiger partial charge in [-0.05, 0) is 61.0 Å². The molecule has 136 valence electrons. The molecule has 1 unspecified atom stereocenters. The van der Waals surface area contributed by atoms with E-state index in [1.165, 1.54) is 0 Å². The van der Waals surface area contributed by atoms with Gasteiger partial charge in [-0.1, -0.05) is 53.7 Å². The summed E-state index contributed by atoms with van der Waals surface area (Å²) in [4.78, 5) is 2.83. The summed E-state index contributed by atoms with van der Waals surface area (Å²) in [5.41, 5.74) is 1.75. The predicted molar refractivity (Wildman–Crippen MR) is 113 cm³/mol. The van der Waals surface area contributed by atoms with Crippen LogP contribution in [0.15, 0.2) is 81.4 Å². The first-order valence-corrected chi connectivity index (χ1v) is 10.7. The van der Waals surface area contributed by atoms with Gasteiger partial charge < -0.3 is 0 Å². The number of halogens is 1. The van der Waals surface area contributed by atoms with Crippen LogP contribution in [0.25, 0.3) is 10.8 Å². The molecule has 1 aromatic heterocycles. The lowest BCUT2D eigenvalue weighted by molar-refractivity contribution is 0.668. The van der Waals surface area contributed by atoms with Crippen molar-refractivity contribution in [2.45, 2.75) is 28.5 Å². The highest BCUT2D eigenvalue weighted by atomic mass is 35.5. The van der Waals surface area contributed by atoms with Gasteiger partial charge in [0, 0.05) is 9.92 Å². The zero-order chi connectivity index (χ0) is 19.0. The van der Waals surface area contributed by atoms with E-state index in [-0.39, 0.29) is 0 Å². The van der Waals surface area contributed by atoms with Crippen LogP contribution in [-0.4, -0.2) is 13.4 Å². The van der Waals surface area contributed by atoms with Crippen molar-refractivity contribution in [1.82, 2.24) is 9.19 Å². The molecule has 4 rings (SSSR count). The molecule has 3 aromatic carbocycles. The lowest BCUT2D eigenvalue weighted by Crippen LogP contribution is -2.08. The van der Waals surface area contributed by atoms with E-state index in [2.05, 4.69) is 5.10 Å². The Kier molecular flexibility index (Phi) is 5.08. The first-order chi connectivity index (χ1) is 13.0. The van der Waals surface area contributed by atoms with E-state index in [0.29, 0.717) is 5.02 Å². The summed E-state index contributed by atoms with van der Waals surface area (Å²) in [7, 11) is -1.39. The summed E-state index contributed by atoms with van der Waals surface area (Å²) in [6.45, 7) is 3.90. The molecule has 1 atom stereocenters. The molecule has 6 heteroatoms. The van der Waals surface area contributed by atoms with Gasteiger partial charge in [0.15, 0.2) is 11.0 Å². The van der Waals surface area contributed by atoms with Crippen LogP contribution in [-0.2, 0) is 11.0 Å². The summed E-state index contributed by atoms with van der Waals surface area (Å²) in [5, 5.41) is 7.46. The number of benzene rings is 3. The molecular formula is C21H17ClN2OS2. The topological polar surface area (TPSA) is 34.9 Å². The number of aromatic nitrogens is 2. The third kappa shape index (κ3) is 3.68. The molecule has 1 heterocycles. The highest BCUT2D eigenvalue weighted by molar-refractivity contribution is 7.99. The van der Waals surface area contributed by atoms with Crippen LogP contribution in [0.5, 0.6) is 0 Å². The molecule has 27 heavy (non-hydrogen) atoms. The van der Waals surface area contributed by atoms with Crippen LogP contribution in [0.1, 0.15) is 11.4 Å². The first-order valence-electron chi connectivity index (χ1n) is 8.43. The van der Waals surface area contributed by atoms with E-state index in [1.807, 2.05) is 80.6 Å². The Balaban J connectivity index is 1.68. The number of hydrogen-bond acceptors (Lipinski definition) is 3. The molecule has 3 nitrogen and oxygen atoms in total. The molecule has 0 aliphatic carbocycles. The fourth-order valence-electron chi connectivity index (χ4n) is 2.91. The second-order valence-corrected chi connectivity index (χ2v) is 9.02. The minimum Gasteiger partial charge on any atom is -0.229 e. The Hall–Kier alpha value is -2.08. The second kappa shape index (κ2) is 7.50. The Morgan fingerprint density at radius 2 is 1.67 bits per heavy atom. The van der Waals surface area contributed by atoms with E-state index in [9.17, 15) is 4.21 Å². The first kappa shape index (κ1) is 18.3. The zero-order valence-electron chi connectivity index (χ0n) is 14.8. The van der Waals surface area contributed by atoms with E-state index in [1.54, 1.807) is 15.8 Å². The Morgan fingerprint density at radius 3 is 2.41 bits per heavy atom. The number of nitrogens with zero attached hydrogens (tertiary/aromatic N) is 2. The fourth-order valence-corrected chi connectivity index (χ4v) is 5.17. The quantitative estimate of drug-likeness (QED) is 0.410.